The van der Waals surface area contributed by atoms with Crippen molar-refractivity contribution in [2.24, 2.45) is 0 Å². The van der Waals surface area contributed by atoms with Crippen LogP contribution in [-0.4, -0.2) is 38.0 Å². The maximum Gasteiger partial charge on any atom is 0.243 e. The van der Waals surface area contributed by atoms with Crippen LogP contribution < -0.4 is 5.73 Å². The van der Waals surface area contributed by atoms with E-state index in [4.69, 9.17) is 10.5 Å². The molecule has 19 heavy (non-hydrogen) atoms. The number of anilines is 1. The van der Waals surface area contributed by atoms with Gasteiger partial charge in [0.1, 0.15) is 0 Å². The maximum absolute atomic E-state index is 12.6. The number of benzene rings is 1. The predicted molar refractivity (Wildman–Crippen MR) is 74.4 cm³/mol. The average Bonchev–Trinajstić information content (AvgIpc) is 2.26. The summed E-state index contributed by atoms with van der Waals surface area (Å²) in [6.07, 6.45) is -0.180. The van der Waals surface area contributed by atoms with Gasteiger partial charge in [-0.1, -0.05) is 0 Å². The van der Waals surface area contributed by atoms with Gasteiger partial charge in [0.05, 0.1) is 17.1 Å². The van der Waals surface area contributed by atoms with Gasteiger partial charge in [-0.05, 0) is 44.5 Å². The molecule has 1 aliphatic rings. The minimum atomic E-state index is -3.48. The van der Waals surface area contributed by atoms with Crippen LogP contribution in [0.3, 0.4) is 0 Å². The van der Waals surface area contributed by atoms with Crippen molar-refractivity contribution in [1.82, 2.24) is 4.31 Å². The lowest BCUT2D eigenvalue weighted by Gasteiger charge is -2.34. The second-order valence-corrected chi connectivity index (χ2v) is 7.01. The summed E-state index contributed by atoms with van der Waals surface area (Å²) in [4.78, 5) is 0.322. The molecule has 1 aromatic rings. The topological polar surface area (TPSA) is 72.6 Å². The number of nitrogens with zero attached hydrogens (tertiary/aromatic N) is 1. The van der Waals surface area contributed by atoms with Crippen molar-refractivity contribution in [2.75, 3.05) is 18.8 Å². The minimum absolute atomic E-state index is 0.0902. The SMILES string of the molecule is Cc1cc(N)ccc1S(=O)(=O)N1CC(C)OC(C)C1. The molecule has 1 fully saturated rings. The molecule has 2 rings (SSSR count). The third-order valence-corrected chi connectivity index (χ3v) is 5.19. The third-order valence-electron chi connectivity index (χ3n) is 3.20. The Hall–Kier alpha value is -1.11. The Bertz CT molecular complexity index is 561. The van der Waals surface area contributed by atoms with Gasteiger partial charge in [0.15, 0.2) is 0 Å². The zero-order valence-electron chi connectivity index (χ0n) is 11.5. The molecule has 2 unspecified atom stereocenters. The summed E-state index contributed by atoms with van der Waals surface area (Å²) in [6, 6.07) is 4.87. The standard InChI is InChI=1S/C13H20N2O3S/c1-9-6-12(14)4-5-13(9)19(16,17)15-7-10(2)18-11(3)8-15/h4-6,10-11H,7-8,14H2,1-3H3. The zero-order chi connectivity index (χ0) is 14.2. The van der Waals surface area contributed by atoms with E-state index < -0.39 is 10.0 Å². The van der Waals surface area contributed by atoms with Gasteiger partial charge in [-0.3, -0.25) is 0 Å². The quantitative estimate of drug-likeness (QED) is 0.833. The molecule has 1 aliphatic heterocycles. The lowest BCUT2D eigenvalue weighted by molar-refractivity contribution is -0.0440. The molecular formula is C13H20N2O3S. The molecule has 0 aromatic heterocycles. The lowest BCUT2D eigenvalue weighted by Crippen LogP contribution is -2.48. The van der Waals surface area contributed by atoms with Crippen molar-refractivity contribution >= 4 is 15.7 Å². The molecule has 2 N–H and O–H groups in total. The number of nitrogens with two attached hydrogens (primary N) is 1. The lowest BCUT2D eigenvalue weighted by atomic mass is 10.2. The summed E-state index contributed by atoms with van der Waals surface area (Å²) in [5.41, 5.74) is 6.91. The Balaban J connectivity index is 2.36. The van der Waals surface area contributed by atoms with Crippen LogP contribution in [0.15, 0.2) is 23.1 Å². The summed E-state index contributed by atoms with van der Waals surface area (Å²) in [5.74, 6) is 0. The zero-order valence-corrected chi connectivity index (χ0v) is 12.3. The van der Waals surface area contributed by atoms with Crippen molar-refractivity contribution in [2.45, 2.75) is 37.9 Å². The monoisotopic (exact) mass is 284 g/mol. The Morgan fingerprint density at radius 1 is 1.26 bits per heavy atom. The fourth-order valence-electron chi connectivity index (χ4n) is 2.43. The first-order valence-corrected chi connectivity index (χ1v) is 7.76. The Morgan fingerprint density at radius 3 is 2.37 bits per heavy atom. The number of hydrogen-bond donors (Lipinski definition) is 1. The van der Waals surface area contributed by atoms with Crippen molar-refractivity contribution in [3.05, 3.63) is 23.8 Å². The highest BCUT2D eigenvalue weighted by Crippen LogP contribution is 2.24. The first kappa shape index (κ1) is 14.3. The fraction of sp³-hybridized carbons (Fsp3) is 0.538. The normalized spacial score (nSPS) is 25.4. The molecule has 0 bridgehead atoms. The van der Waals surface area contributed by atoms with E-state index in [2.05, 4.69) is 0 Å². The average molecular weight is 284 g/mol. The van der Waals surface area contributed by atoms with Gasteiger partial charge >= 0.3 is 0 Å². The predicted octanol–water partition coefficient (Wildman–Crippen LogP) is 1.38. The molecule has 0 saturated carbocycles. The molecule has 1 heterocycles. The van der Waals surface area contributed by atoms with Crippen LogP contribution in [0.2, 0.25) is 0 Å². The molecule has 106 valence electrons. The van der Waals surface area contributed by atoms with E-state index in [9.17, 15) is 8.42 Å². The van der Waals surface area contributed by atoms with E-state index in [0.717, 1.165) is 0 Å². The number of nitrogen functional groups attached to an aromatic ring is 1. The summed E-state index contributed by atoms with van der Waals surface area (Å²) < 4.78 is 32.3. The number of sulfonamides is 1. The van der Waals surface area contributed by atoms with Gasteiger partial charge in [0.2, 0.25) is 10.0 Å². The van der Waals surface area contributed by atoms with Crippen molar-refractivity contribution in [3.63, 3.8) is 0 Å². The molecule has 1 saturated heterocycles. The van der Waals surface area contributed by atoms with E-state index in [1.807, 2.05) is 13.8 Å². The highest BCUT2D eigenvalue weighted by molar-refractivity contribution is 7.89. The van der Waals surface area contributed by atoms with Gasteiger partial charge < -0.3 is 10.5 Å². The second kappa shape index (κ2) is 5.11. The van der Waals surface area contributed by atoms with Crippen LogP contribution in [-0.2, 0) is 14.8 Å². The Morgan fingerprint density at radius 2 is 1.84 bits per heavy atom. The van der Waals surface area contributed by atoms with Crippen molar-refractivity contribution < 1.29 is 13.2 Å². The van der Waals surface area contributed by atoms with Gasteiger partial charge in [-0.15, -0.1) is 0 Å². The highest BCUT2D eigenvalue weighted by Gasteiger charge is 2.32. The third kappa shape index (κ3) is 2.91. The summed E-state index contributed by atoms with van der Waals surface area (Å²) in [7, 11) is -3.48. The smallest absolute Gasteiger partial charge is 0.243 e. The first-order chi connectivity index (χ1) is 8.80. The largest absolute Gasteiger partial charge is 0.399 e. The molecule has 0 radical (unpaired) electrons. The van der Waals surface area contributed by atoms with Crippen LogP contribution >= 0.6 is 0 Å². The molecule has 1 aromatic carbocycles. The molecule has 6 heteroatoms. The van der Waals surface area contributed by atoms with E-state index in [-0.39, 0.29) is 12.2 Å². The number of ether oxygens (including phenoxy) is 1. The number of rotatable bonds is 2. The van der Waals surface area contributed by atoms with Gasteiger partial charge in [-0.25, -0.2) is 8.42 Å². The highest BCUT2D eigenvalue weighted by atomic mass is 32.2. The summed E-state index contributed by atoms with van der Waals surface area (Å²) >= 11 is 0. The van der Waals surface area contributed by atoms with E-state index in [1.165, 1.54) is 4.31 Å². The second-order valence-electron chi connectivity index (χ2n) is 5.10. The summed E-state index contributed by atoms with van der Waals surface area (Å²) in [5, 5.41) is 0. The van der Waals surface area contributed by atoms with E-state index in [0.29, 0.717) is 29.2 Å². The van der Waals surface area contributed by atoms with Crippen LogP contribution in [0.25, 0.3) is 0 Å². The van der Waals surface area contributed by atoms with Gasteiger partial charge in [0.25, 0.3) is 0 Å². The number of aryl methyl sites for hydroxylation is 1. The molecule has 0 aliphatic carbocycles. The summed E-state index contributed by atoms with van der Waals surface area (Å²) in [6.45, 7) is 6.30. The molecule has 2 atom stereocenters. The molecule has 5 nitrogen and oxygen atoms in total. The van der Waals surface area contributed by atoms with E-state index in [1.54, 1.807) is 25.1 Å². The molecular weight excluding hydrogens is 264 g/mol. The Labute approximate surface area is 114 Å². The van der Waals surface area contributed by atoms with Gasteiger partial charge in [-0.2, -0.15) is 4.31 Å². The van der Waals surface area contributed by atoms with Crippen LogP contribution in [0, 0.1) is 6.92 Å². The molecule has 0 amide bonds. The first-order valence-electron chi connectivity index (χ1n) is 6.32. The van der Waals surface area contributed by atoms with E-state index >= 15 is 0 Å². The van der Waals surface area contributed by atoms with Crippen LogP contribution in [0.4, 0.5) is 5.69 Å². The molecule has 0 spiro atoms. The minimum Gasteiger partial charge on any atom is -0.399 e. The number of hydrogen-bond acceptors (Lipinski definition) is 4. The maximum atomic E-state index is 12.6. The Kier molecular flexibility index (Phi) is 3.85. The van der Waals surface area contributed by atoms with Crippen LogP contribution in [0.1, 0.15) is 19.4 Å². The number of morpholine rings is 1. The van der Waals surface area contributed by atoms with Crippen molar-refractivity contribution in [1.29, 1.82) is 0 Å². The van der Waals surface area contributed by atoms with Crippen molar-refractivity contribution in [3.8, 4) is 0 Å². The van der Waals surface area contributed by atoms with Gasteiger partial charge in [0, 0.05) is 18.8 Å². The van der Waals surface area contributed by atoms with Crippen LogP contribution in [0.5, 0.6) is 0 Å². The fourth-order valence-corrected chi connectivity index (χ4v) is 4.22.